The van der Waals surface area contributed by atoms with Gasteiger partial charge in [0.1, 0.15) is 5.69 Å². The predicted molar refractivity (Wildman–Crippen MR) is 95.7 cm³/mol. The number of amides is 1. The van der Waals surface area contributed by atoms with E-state index in [4.69, 9.17) is 9.52 Å². The molecule has 0 spiro atoms. The highest BCUT2D eigenvalue weighted by molar-refractivity contribution is 6.07. The van der Waals surface area contributed by atoms with Gasteiger partial charge in [-0.15, -0.1) is 0 Å². The topological polar surface area (TPSA) is 92.4 Å². The van der Waals surface area contributed by atoms with Gasteiger partial charge in [-0.2, -0.15) is 0 Å². The number of carboxylic acid groups (broad SMARTS) is 1. The Hall–Kier alpha value is -3.15. The highest BCUT2D eigenvalue weighted by Crippen LogP contribution is 2.36. The lowest BCUT2D eigenvalue weighted by molar-refractivity contribution is -0.139. The highest BCUT2D eigenvalue weighted by atomic mass is 16.4. The summed E-state index contributed by atoms with van der Waals surface area (Å²) in [7, 11) is 0. The summed E-state index contributed by atoms with van der Waals surface area (Å²) in [5, 5.41) is 12.9. The lowest BCUT2D eigenvalue weighted by Crippen LogP contribution is -2.54. The van der Waals surface area contributed by atoms with Crippen molar-refractivity contribution in [3.63, 3.8) is 0 Å². The summed E-state index contributed by atoms with van der Waals surface area (Å²) in [5.74, 6) is -0.605. The molecule has 0 radical (unpaired) electrons. The van der Waals surface area contributed by atoms with Crippen LogP contribution in [0.4, 0.5) is 0 Å². The van der Waals surface area contributed by atoms with Crippen LogP contribution in [0, 0.1) is 0 Å². The molecule has 0 bridgehead atoms. The number of hydrogen-bond donors (Lipinski definition) is 2. The molecular formula is C20H18N2O4. The Balaban J connectivity index is 1.75. The minimum atomic E-state index is -0.902. The van der Waals surface area contributed by atoms with Gasteiger partial charge < -0.3 is 14.8 Å². The van der Waals surface area contributed by atoms with Crippen LogP contribution in [0.25, 0.3) is 22.4 Å². The van der Waals surface area contributed by atoms with E-state index in [1.165, 1.54) is 0 Å². The van der Waals surface area contributed by atoms with Crippen molar-refractivity contribution in [2.75, 3.05) is 0 Å². The summed E-state index contributed by atoms with van der Waals surface area (Å²) in [6.07, 6.45) is 3.77. The van der Waals surface area contributed by atoms with Crippen molar-refractivity contribution in [1.82, 2.24) is 10.3 Å². The Morgan fingerprint density at radius 3 is 2.65 bits per heavy atom. The minimum absolute atomic E-state index is 0.0627. The first-order valence-corrected chi connectivity index (χ1v) is 8.54. The Kier molecular flexibility index (Phi) is 3.95. The lowest BCUT2D eigenvalue weighted by Gasteiger charge is -2.41. The van der Waals surface area contributed by atoms with Crippen LogP contribution in [0.5, 0.6) is 0 Å². The van der Waals surface area contributed by atoms with Gasteiger partial charge in [-0.25, -0.2) is 4.98 Å². The molecule has 0 aliphatic heterocycles. The number of carbonyl (C=O) groups is 2. The van der Waals surface area contributed by atoms with E-state index in [1.54, 1.807) is 24.5 Å². The monoisotopic (exact) mass is 350 g/mol. The summed E-state index contributed by atoms with van der Waals surface area (Å²) in [6.45, 7) is 0. The van der Waals surface area contributed by atoms with Crippen LogP contribution in [0.1, 0.15) is 36.0 Å². The van der Waals surface area contributed by atoms with Crippen LogP contribution in [-0.4, -0.2) is 27.5 Å². The van der Waals surface area contributed by atoms with E-state index in [1.807, 2.05) is 24.3 Å². The predicted octanol–water partition coefficient (Wildman–Crippen LogP) is 3.62. The van der Waals surface area contributed by atoms with Crippen molar-refractivity contribution >= 4 is 22.8 Å². The Bertz CT molecular complexity index is 975. The number of pyridine rings is 1. The van der Waals surface area contributed by atoms with E-state index < -0.39 is 11.5 Å². The molecule has 6 nitrogen and oxygen atoms in total. The molecule has 1 aliphatic carbocycles. The zero-order chi connectivity index (χ0) is 18.1. The molecule has 3 aromatic rings. The minimum Gasteiger partial charge on any atom is -0.481 e. The quantitative estimate of drug-likeness (QED) is 0.733. The lowest BCUT2D eigenvalue weighted by atomic mass is 9.74. The van der Waals surface area contributed by atoms with Gasteiger partial charge in [-0.3, -0.25) is 9.59 Å². The van der Waals surface area contributed by atoms with Crippen LogP contribution >= 0.6 is 0 Å². The molecule has 6 heteroatoms. The second-order valence-electron chi connectivity index (χ2n) is 6.71. The molecular weight excluding hydrogens is 332 g/mol. The van der Waals surface area contributed by atoms with Crippen molar-refractivity contribution in [3.8, 4) is 11.5 Å². The molecule has 2 N–H and O–H groups in total. The molecule has 1 saturated carbocycles. The molecule has 26 heavy (non-hydrogen) atoms. The van der Waals surface area contributed by atoms with Gasteiger partial charge in [0, 0.05) is 5.39 Å². The first kappa shape index (κ1) is 16.3. The van der Waals surface area contributed by atoms with Crippen LogP contribution in [0.2, 0.25) is 0 Å². The fraction of sp³-hybridized carbons (Fsp3) is 0.250. The van der Waals surface area contributed by atoms with E-state index in [0.29, 0.717) is 35.4 Å². The van der Waals surface area contributed by atoms with Crippen molar-refractivity contribution in [3.05, 3.63) is 54.3 Å². The van der Waals surface area contributed by atoms with E-state index in [0.717, 1.165) is 11.8 Å². The van der Waals surface area contributed by atoms with Gasteiger partial charge in [0.25, 0.3) is 5.91 Å². The van der Waals surface area contributed by atoms with Gasteiger partial charge in [-0.05, 0) is 43.5 Å². The van der Waals surface area contributed by atoms with E-state index >= 15 is 0 Å². The molecule has 2 aromatic heterocycles. The van der Waals surface area contributed by atoms with Crippen molar-refractivity contribution in [2.45, 2.75) is 31.2 Å². The van der Waals surface area contributed by atoms with Crippen LogP contribution < -0.4 is 5.32 Å². The first-order chi connectivity index (χ1) is 12.6. The fourth-order valence-corrected chi connectivity index (χ4v) is 3.46. The Morgan fingerprint density at radius 2 is 2.00 bits per heavy atom. The Morgan fingerprint density at radius 1 is 1.19 bits per heavy atom. The first-order valence-electron chi connectivity index (χ1n) is 8.54. The summed E-state index contributed by atoms with van der Waals surface area (Å²) >= 11 is 0. The van der Waals surface area contributed by atoms with Crippen molar-refractivity contribution < 1.29 is 19.1 Å². The molecule has 0 saturated heterocycles. The third-order valence-corrected chi connectivity index (χ3v) is 4.91. The van der Waals surface area contributed by atoms with Crippen molar-refractivity contribution in [1.29, 1.82) is 0 Å². The second-order valence-corrected chi connectivity index (χ2v) is 6.71. The maximum Gasteiger partial charge on any atom is 0.305 e. The molecule has 1 fully saturated rings. The van der Waals surface area contributed by atoms with E-state index in [-0.39, 0.29) is 12.3 Å². The summed E-state index contributed by atoms with van der Waals surface area (Å²) in [5.41, 5.74) is 1.07. The summed E-state index contributed by atoms with van der Waals surface area (Å²) in [6, 6.07) is 12.6. The van der Waals surface area contributed by atoms with Crippen molar-refractivity contribution in [2.24, 2.45) is 0 Å². The second kappa shape index (κ2) is 6.29. The fourth-order valence-electron chi connectivity index (χ4n) is 3.46. The van der Waals surface area contributed by atoms with E-state index in [2.05, 4.69) is 10.3 Å². The normalized spacial score (nSPS) is 15.4. The van der Waals surface area contributed by atoms with Gasteiger partial charge >= 0.3 is 5.97 Å². The number of aliphatic carboxylic acids is 1. The average Bonchev–Trinajstić information content (AvgIpc) is 3.13. The van der Waals surface area contributed by atoms with Gasteiger partial charge in [0.2, 0.25) is 0 Å². The van der Waals surface area contributed by atoms with Gasteiger partial charge in [-0.1, -0.05) is 18.2 Å². The van der Waals surface area contributed by atoms with Gasteiger partial charge in [0.05, 0.1) is 29.3 Å². The number of furan rings is 1. The number of nitrogens with one attached hydrogen (secondary N) is 1. The van der Waals surface area contributed by atoms with E-state index in [9.17, 15) is 9.59 Å². The maximum atomic E-state index is 13.0. The largest absolute Gasteiger partial charge is 0.481 e. The Labute approximate surface area is 149 Å². The number of aromatic nitrogens is 1. The molecule has 1 aliphatic rings. The average molecular weight is 350 g/mol. The van der Waals surface area contributed by atoms with Crippen LogP contribution in [-0.2, 0) is 4.79 Å². The zero-order valence-electron chi connectivity index (χ0n) is 14.1. The van der Waals surface area contributed by atoms with Gasteiger partial charge in [0.15, 0.2) is 5.76 Å². The number of benzene rings is 1. The molecule has 0 atom stereocenters. The number of carbonyl (C=O) groups excluding carboxylic acids is 1. The smallest absolute Gasteiger partial charge is 0.305 e. The number of hydrogen-bond acceptors (Lipinski definition) is 4. The zero-order valence-corrected chi connectivity index (χ0v) is 14.1. The number of nitrogens with zero attached hydrogens (tertiary/aromatic N) is 1. The highest BCUT2D eigenvalue weighted by Gasteiger charge is 2.40. The third-order valence-electron chi connectivity index (χ3n) is 4.91. The SMILES string of the molecule is O=C(O)CC1(NC(=O)c2cc(-c3ccco3)nc3ccccc23)CCC1. The summed E-state index contributed by atoms with van der Waals surface area (Å²) < 4.78 is 5.42. The molecule has 2 heterocycles. The third kappa shape index (κ3) is 2.94. The molecule has 132 valence electrons. The maximum absolute atomic E-state index is 13.0. The number of rotatable bonds is 5. The summed E-state index contributed by atoms with van der Waals surface area (Å²) in [4.78, 5) is 28.8. The molecule has 1 amide bonds. The molecule has 4 rings (SSSR count). The van der Waals surface area contributed by atoms with Crippen LogP contribution in [0.15, 0.2) is 53.1 Å². The number of fused-ring (bicyclic) bond motifs is 1. The standard InChI is InChI=1S/C20H18N2O4/c23-18(24)12-20(8-4-9-20)22-19(25)14-11-16(17-7-3-10-26-17)21-15-6-2-1-5-13(14)15/h1-3,5-7,10-11H,4,8-9,12H2,(H,22,25)(H,23,24). The number of para-hydroxylation sites is 1. The molecule has 0 unspecified atom stereocenters. The molecule has 1 aromatic carbocycles. The number of carboxylic acids is 1. The van der Waals surface area contributed by atoms with Crippen LogP contribution in [0.3, 0.4) is 0 Å².